The highest BCUT2D eigenvalue weighted by Gasteiger charge is 2.33. The fourth-order valence-electron chi connectivity index (χ4n) is 3.79. The summed E-state index contributed by atoms with van der Waals surface area (Å²) < 4.78 is 27.8. The van der Waals surface area contributed by atoms with Crippen LogP contribution in [0.15, 0.2) is 47.8 Å². The van der Waals surface area contributed by atoms with Crippen LogP contribution in [0.1, 0.15) is 33.9 Å². The summed E-state index contributed by atoms with van der Waals surface area (Å²) in [5.41, 5.74) is 1.26. The van der Waals surface area contributed by atoms with E-state index in [0.29, 0.717) is 17.2 Å². The molecule has 1 N–H and O–H groups in total. The lowest BCUT2D eigenvalue weighted by molar-refractivity contribution is -0.121. The van der Waals surface area contributed by atoms with Crippen molar-refractivity contribution in [2.45, 2.75) is 30.7 Å². The lowest BCUT2D eigenvalue weighted by Gasteiger charge is -2.25. The van der Waals surface area contributed by atoms with Gasteiger partial charge in [-0.1, -0.05) is 0 Å². The van der Waals surface area contributed by atoms with Gasteiger partial charge in [-0.3, -0.25) is 29.6 Å². The van der Waals surface area contributed by atoms with Gasteiger partial charge in [-0.25, -0.2) is 18.4 Å². The average molecular weight is 499 g/mol. The summed E-state index contributed by atoms with van der Waals surface area (Å²) in [5, 5.41) is 3.04. The third-order valence-electron chi connectivity index (χ3n) is 5.50. The quantitative estimate of drug-likeness (QED) is 0.523. The number of fused-ring (bicyclic) bond motifs is 1. The van der Waals surface area contributed by atoms with Crippen LogP contribution in [0.5, 0.6) is 0 Å². The molecule has 4 heterocycles. The van der Waals surface area contributed by atoms with Gasteiger partial charge < -0.3 is 0 Å². The van der Waals surface area contributed by atoms with Crippen molar-refractivity contribution in [3.8, 4) is 0 Å². The maximum absolute atomic E-state index is 13.2. The number of sulfonamides is 1. The third kappa shape index (κ3) is 4.08. The van der Waals surface area contributed by atoms with E-state index in [2.05, 4.69) is 20.3 Å². The number of hydrogen-bond donors (Lipinski definition) is 1. The first-order valence-corrected chi connectivity index (χ1v) is 12.6. The van der Waals surface area contributed by atoms with Gasteiger partial charge in [0, 0.05) is 43.1 Å². The van der Waals surface area contributed by atoms with Gasteiger partial charge in [-0.2, -0.15) is 4.31 Å². The minimum Gasteiger partial charge on any atom is -0.296 e. The van der Waals surface area contributed by atoms with Crippen LogP contribution < -0.4 is 10.2 Å². The largest absolute Gasteiger partial charge is 0.296 e. The van der Waals surface area contributed by atoms with Gasteiger partial charge in [0.25, 0.3) is 5.91 Å². The van der Waals surface area contributed by atoms with Gasteiger partial charge >= 0.3 is 0 Å². The molecule has 0 unspecified atom stereocenters. The molecule has 1 aromatic carbocycles. The van der Waals surface area contributed by atoms with E-state index in [-0.39, 0.29) is 48.3 Å². The first kappa shape index (κ1) is 22.3. The second kappa shape index (κ2) is 8.66. The number of carbonyl (C=O) groups excluding carboxylic acids is 3. The Morgan fingerprint density at radius 2 is 1.76 bits per heavy atom. The molecule has 34 heavy (non-hydrogen) atoms. The lowest BCUT2D eigenvalue weighted by Crippen LogP contribution is -2.35. The van der Waals surface area contributed by atoms with Crippen molar-refractivity contribution in [1.29, 1.82) is 0 Å². The molecular weight excluding hydrogens is 480 g/mol. The molecule has 0 radical (unpaired) electrons. The SMILES string of the molecule is O=C(Nc1nc2c(s1)CN(S(=O)(=O)c1ccc(N3C(=O)CCC3=O)cc1)CC2)c1cnccn1. The highest BCUT2D eigenvalue weighted by molar-refractivity contribution is 7.89. The second-order valence-corrected chi connectivity index (χ2v) is 10.7. The second-order valence-electron chi connectivity index (χ2n) is 7.64. The molecule has 2 aromatic heterocycles. The molecule has 0 atom stereocenters. The smallest absolute Gasteiger partial charge is 0.277 e. The number of carbonyl (C=O) groups is 3. The first-order chi connectivity index (χ1) is 16.3. The highest BCUT2D eigenvalue weighted by atomic mass is 32.2. The molecular formula is C21H18N6O5S2. The Morgan fingerprint density at radius 1 is 1.03 bits per heavy atom. The number of thiazole rings is 1. The van der Waals surface area contributed by atoms with E-state index in [9.17, 15) is 22.8 Å². The number of nitrogens with one attached hydrogen (secondary N) is 1. The van der Waals surface area contributed by atoms with Crippen LogP contribution in [0, 0.1) is 0 Å². The number of rotatable bonds is 5. The molecule has 3 amide bonds. The lowest BCUT2D eigenvalue weighted by atomic mass is 10.2. The molecule has 13 heteroatoms. The molecule has 0 bridgehead atoms. The van der Waals surface area contributed by atoms with E-state index in [1.165, 1.54) is 58.5 Å². The normalized spacial score (nSPS) is 16.5. The minimum absolute atomic E-state index is 0.0690. The van der Waals surface area contributed by atoms with Crippen molar-refractivity contribution >= 4 is 49.9 Å². The van der Waals surface area contributed by atoms with E-state index >= 15 is 0 Å². The predicted molar refractivity (Wildman–Crippen MR) is 122 cm³/mol. The number of aromatic nitrogens is 3. The van der Waals surface area contributed by atoms with Gasteiger partial charge in [0.1, 0.15) is 5.69 Å². The fraction of sp³-hybridized carbons (Fsp3) is 0.238. The van der Waals surface area contributed by atoms with E-state index in [4.69, 9.17) is 0 Å². The molecule has 11 nitrogen and oxygen atoms in total. The topological polar surface area (TPSA) is 143 Å². The molecule has 0 spiro atoms. The van der Waals surface area contributed by atoms with E-state index in [1.54, 1.807) is 0 Å². The van der Waals surface area contributed by atoms with Crippen molar-refractivity contribution in [1.82, 2.24) is 19.3 Å². The molecule has 3 aromatic rings. The van der Waals surface area contributed by atoms with Gasteiger partial charge in [-0.05, 0) is 24.3 Å². The Kier molecular flexibility index (Phi) is 5.67. The summed E-state index contributed by atoms with van der Waals surface area (Å²) in [7, 11) is -3.81. The summed E-state index contributed by atoms with van der Waals surface area (Å²) in [6.07, 6.45) is 4.94. The maximum Gasteiger partial charge on any atom is 0.277 e. The molecule has 0 saturated carbocycles. The molecule has 2 aliphatic heterocycles. The van der Waals surface area contributed by atoms with Crippen molar-refractivity contribution < 1.29 is 22.8 Å². The van der Waals surface area contributed by atoms with E-state index in [0.717, 1.165) is 15.5 Å². The van der Waals surface area contributed by atoms with Crippen LogP contribution in [0.2, 0.25) is 0 Å². The number of amides is 3. The van der Waals surface area contributed by atoms with Gasteiger partial charge in [0.05, 0.1) is 29.0 Å². The van der Waals surface area contributed by atoms with Crippen molar-refractivity contribution in [3.05, 3.63) is 59.1 Å². The number of hydrogen-bond acceptors (Lipinski definition) is 9. The van der Waals surface area contributed by atoms with Crippen LogP contribution in [-0.2, 0) is 32.6 Å². The highest BCUT2D eigenvalue weighted by Crippen LogP contribution is 2.32. The molecule has 0 aliphatic carbocycles. The number of anilines is 2. The Labute approximate surface area is 198 Å². The van der Waals surface area contributed by atoms with E-state index in [1.807, 2.05) is 0 Å². The first-order valence-electron chi connectivity index (χ1n) is 10.3. The zero-order valence-electron chi connectivity index (χ0n) is 17.7. The summed E-state index contributed by atoms with van der Waals surface area (Å²) in [6.45, 7) is 0.364. The van der Waals surface area contributed by atoms with Crippen molar-refractivity contribution in [3.63, 3.8) is 0 Å². The standard InChI is InChI=1S/C21H18N6O5S2/c28-18-5-6-19(29)27(18)13-1-3-14(4-2-13)34(31,32)26-10-7-15-17(12-26)33-21(24-15)25-20(30)16-11-22-8-9-23-16/h1-4,8-9,11H,5-7,10,12H2,(H,24,25,30). The Morgan fingerprint density at radius 3 is 2.44 bits per heavy atom. The third-order valence-corrected chi connectivity index (χ3v) is 8.35. The van der Waals surface area contributed by atoms with Crippen molar-refractivity contribution in [2.24, 2.45) is 0 Å². The fourth-order valence-corrected chi connectivity index (χ4v) is 6.30. The Balaban J connectivity index is 1.31. The number of benzene rings is 1. The molecule has 174 valence electrons. The molecule has 1 fully saturated rings. The van der Waals surface area contributed by atoms with Crippen LogP contribution >= 0.6 is 11.3 Å². The minimum atomic E-state index is -3.81. The summed E-state index contributed by atoms with van der Waals surface area (Å²) >= 11 is 1.21. The summed E-state index contributed by atoms with van der Waals surface area (Å²) in [5.74, 6) is -1.04. The number of imide groups is 1. The monoisotopic (exact) mass is 498 g/mol. The zero-order chi connectivity index (χ0) is 23.9. The van der Waals surface area contributed by atoms with Gasteiger partial charge in [0.2, 0.25) is 21.8 Å². The van der Waals surface area contributed by atoms with Gasteiger partial charge in [-0.15, -0.1) is 11.3 Å². The van der Waals surface area contributed by atoms with Crippen molar-refractivity contribution in [2.75, 3.05) is 16.8 Å². The molecule has 5 rings (SSSR count). The van der Waals surface area contributed by atoms with E-state index < -0.39 is 15.9 Å². The van der Waals surface area contributed by atoms with Crippen LogP contribution in [0.4, 0.5) is 10.8 Å². The Bertz CT molecular complexity index is 1370. The molecule has 1 saturated heterocycles. The maximum atomic E-state index is 13.2. The van der Waals surface area contributed by atoms with Gasteiger partial charge in [0.15, 0.2) is 5.13 Å². The van der Waals surface area contributed by atoms with Crippen LogP contribution in [0.25, 0.3) is 0 Å². The zero-order valence-corrected chi connectivity index (χ0v) is 19.3. The Hall–Kier alpha value is -3.55. The van der Waals surface area contributed by atoms with Crippen LogP contribution in [-0.4, -0.2) is 51.9 Å². The van der Waals surface area contributed by atoms with Crippen LogP contribution in [0.3, 0.4) is 0 Å². The predicted octanol–water partition coefficient (Wildman–Crippen LogP) is 1.59. The molecule has 2 aliphatic rings. The number of nitrogens with zero attached hydrogens (tertiary/aromatic N) is 5. The average Bonchev–Trinajstić information content (AvgIpc) is 3.40. The summed E-state index contributed by atoms with van der Waals surface area (Å²) in [6, 6.07) is 5.74. The summed E-state index contributed by atoms with van der Waals surface area (Å²) in [4.78, 5) is 50.3.